The molecule has 4 fully saturated rings. The molecule has 3 saturated heterocycles. The highest BCUT2D eigenvalue weighted by Gasteiger charge is 2.69. The number of alkyl halides is 3. The third-order valence-electron chi connectivity index (χ3n) is 6.08. The molecular weight excluding hydrogens is 313 g/mol. The normalized spacial score (nSPS) is 49.5. The first-order valence-electron chi connectivity index (χ1n) is 8.17. The molecule has 4 aliphatic heterocycles. The fourth-order valence-electron chi connectivity index (χ4n) is 4.90. The first kappa shape index (κ1) is 15.7. The lowest BCUT2D eigenvalue weighted by Crippen LogP contribution is -2.67. The summed E-state index contributed by atoms with van der Waals surface area (Å²) < 4.78 is 51.3. The van der Waals surface area contributed by atoms with Gasteiger partial charge in [0.2, 0.25) is 17.8 Å². The third-order valence-corrected chi connectivity index (χ3v) is 6.08. The Morgan fingerprint density at radius 3 is 2.57 bits per heavy atom. The molecule has 0 aromatic heterocycles. The van der Waals surface area contributed by atoms with Gasteiger partial charge in [0, 0.05) is 18.3 Å². The highest BCUT2D eigenvalue weighted by molar-refractivity contribution is 5.26. The molecule has 7 heteroatoms. The van der Waals surface area contributed by atoms with E-state index in [0.29, 0.717) is 18.8 Å². The average Bonchev–Trinajstić information content (AvgIpc) is 2.68. The van der Waals surface area contributed by atoms with E-state index >= 15 is 0 Å². The van der Waals surface area contributed by atoms with Crippen LogP contribution in [0, 0.1) is 17.8 Å². The Morgan fingerprint density at radius 1 is 1.13 bits per heavy atom. The van der Waals surface area contributed by atoms with Crippen LogP contribution >= 0.6 is 0 Å². The van der Waals surface area contributed by atoms with Crippen molar-refractivity contribution in [1.29, 1.82) is 0 Å². The molecule has 5 aliphatic rings. The molecule has 23 heavy (non-hydrogen) atoms. The summed E-state index contributed by atoms with van der Waals surface area (Å²) in [6, 6.07) is 0. The highest BCUT2D eigenvalue weighted by atomic mass is 19.4. The summed E-state index contributed by atoms with van der Waals surface area (Å²) in [7, 11) is 0. The zero-order chi connectivity index (χ0) is 16.6. The predicted octanol–water partition coefficient (Wildman–Crippen LogP) is 4.07. The fraction of sp³-hybridized carbons (Fsp3) is 0.875. The van der Waals surface area contributed by atoms with Gasteiger partial charge in [-0.2, -0.15) is 13.2 Å². The second kappa shape index (κ2) is 4.64. The molecule has 1 spiro atoms. The summed E-state index contributed by atoms with van der Waals surface area (Å²) >= 11 is 0. The van der Waals surface area contributed by atoms with Crippen molar-refractivity contribution in [3.05, 3.63) is 11.3 Å². The molecular formula is C16H21F3O4. The lowest BCUT2D eigenvalue weighted by molar-refractivity contribution is -0.557. The number of allylic oxidation sites excluding steroid dienone is 1. The van der Waals surface area contributed by atoms with Gasteiger partial charge in [0.25, 0.3) is 0 Å². The largest absolute Gasteiger partial charge is 0.456 e. The summed E-state index contributed by atoms with van der Waals surface area (Å²) in [5.41, 5.74) is -0.782. The van der Waals surface area contributed by atoms with E-state index in [2.05, 4.69) is 6.92 Å². The molecule has 1 aliphatic carbocycles. The lowest BCUT2D eigenvalue weighted by atomic mass is 9.59. The molecule has 1 unspecified atom stereocenters. The van der Waals surface area contributed by atoms with Gasteiger partial charge >= 0.3 is 6.18 Å². The first-order valence-corrected chi connectivity index (χ1v) is 8.17. The van der Waals surface area contributed by atoms with Gasteiger partial charge in [0.1, 0.15) is 0 Å². The quantitative estimate of drug-likeness (QED) is 0.626. The van der Waals surface area contributed by atoms with Crippen molar-refractivity contribution in [2.75, 3.05) is 0 Å². The van der Waals surface area contributed by atoms with Crippen molar-refractivity contribution in [3.63, 3.8) is 0 Å². The van der Waals surface area contributed by atoms with Crippen molar-refractivity contribution in [2.24, 2.45) is 17.8 Å². The summed E-state index contributed by atoms with van der Waals surface area (Å²) in [5.74, 6) is -2.00. The van der Waals surface area contributed by atoms with Crippen LogP contribution in [0.3, 0.4) is 0 Å². The zero-order valence-electron chi connectivity index (χ0n) is 13.4. The van der Waals surface area contributed by atoms with E-state index in [9.17, 15) is 13.2 Å². The van der Waals surface area contributed by atoms with E-state index in [1.54, 1.807) is 6.92 Å². The van der Waals surface area contributed by atoms with Crippen molar-refractivity contribution >= 4 is 0 Å². The first-order chi connectivity index (χ1) is 10.7. The van der Waals surface area contributed by atoms with Crippen LogP contribution in [-0.4, -0.2) is 23.9 Å². The smallest absolute Gasteiger partial charge is 0.448 e. The van der Waals surface area contributed by atoms with Gasteiger partial charge in [-0.05, 0) is 44.6 Å². The lowest BCUT2D eigenvalue weighted by Gasteiger charge is -2.57. The van der Waals surface area contributed by atoms with Gasteiger partial charge in [-0.3, -0.25) is 0 Å². The molecule has 0 radical (unpaired) electrons. The average molecular weight is 334 g/mol. The Kier molecular flexibility index (Phi) is 3.17. The highest BCUT2D eigenvalue weighted by Crippen LogP contribution is 2.61. The molecule has 0 aromatic carbocycles. The second-order valence-corrected chi connectivity index (χ2v) is 7.48. The van der Waals surface area contributed by atoms with Crippen molar-refractivity contribution in [3.8, 4) is 0 Å². The summed E-state index contributed by atoms with van der Waals surface area (Å²) in [6.45, 7) is 5.31. The summed E-state index contributed by atoms with van der Waals surface area (Å²) in [5, 5.41) is 0. The van der Waals surface area contributed by atoms with Crippen LogP contribution in [0.25, 0.3) is 0 Å². The van der Waals surface area contributed by atoms with Crippen molar-refractivity contribution in [1.82, 2.24) is 0 Å². The minimum Gasteiger partial charge on any atom is -0.456 e. The molecule has 0 aromatic rings. The standard InChI is InChI=1S/C16H21F3O4/c1-8-4-5-11-9(2)12(16(17,18)19)20-13-15(11)10(8)6-7-14(3,21-13)22-23-15/h8,10-11,13H,4-7H2,1-3H3/t8-,10+,11+,13-,14+,15?/m1/s1. The molecule has 0 amide bonds. The van der Waals surface area contributed by atoms with Crippen LogP contribution in [0.1, 0.15) is 46.5 Å². The topological polar surface area (TPSA) is 36.9 Å². The fourth-order valence-corrected chi connectivity index (χ4v) is 4.90. The Bertz CT molecular complexity index is 560. The minimum atomic E-state index is -4.53. The van der Waals surface area contributed by atoms with Crippen LogP contribution in [0.15, 0.2) is 11.3 Å². The van der Waals surface area contributed by atoms with Crippen LogP contribution in [-0.2, 0) is 19.2 Å². The van der Waals surface area contributed by atoms with E-state index < -0.39 is 35.5 Å². The van der Waals surface area contributed by atoms with Crippen molar-refractivity contribution in [2.45, 2.75) is 70.3 Å². The number of hydrogen-bond donors (Lipinski definition) is 0. The number of ether oxygens (including phenoxy) is 2. The number of hydrogen-bond acceptors (Lipinski definition) is 4. The van der Waals surface area contributed by atoms with E-state index in [1.807, 2.05) is 0 Å². The molecule has 5 rings (SSSR count). The minimum absolute atomic E-state index is 0.0558. The van der Waals surface area contributed by atoms with Crippen LogP contribution in [0.2, 0.25) is 0 Å². The maximum Gasteiger partial charge on any atom is 0.448 e. The zero-order valence-corrected chi connectivity index (χ0v) is 13.4. The predicted molar refractivity (Wildman–Crippen MR) is 72.6 cm³/mol. The van der Waals surface area contributed by atoms with E-state index in [-0.39, 0.29) is 11.5 Å². The van der Waals surface area contributed by atoms with Gasteiger partial charge in [0.15, 0.2) is 5.60 Å². The maximum atomic E-state index is 13.4. The van der Waals surface area contributed by atoms with E-state index in [4.69, 9.17) is 19.2 Å². The van der Waals surface area contributed by atoms with Gasteiger partial charge in [-0.25, -0.2) is 9.78 Å². The van der Waals surface area contributed by atoms with Gasteiger partial charge in [-0.15, -0.1) is 0 Å². The monoisotopic (exact) mass is 334 g/mol. The summed E-state index contributed by atoms with van der Waals surface area (Å²) in [4.78, 5) is 11.3. The number of fused-ring (bicyclic) bond motifs is 2. The van der Waals surface area contributed by atoms with Crippen LogP contribution < -0.4 is 0 Å². The van der Waals surface area contributed by atoms with Gasteiger partial charge in [-0.1, -0.05) is 6.92 Å². The second-order valence-electron chi connectivity index (χ2n) is 7.48. The number of rotatable bonds is 0. The Labute approximate surface area is 132 Å². The molecule has 1 saturated carbocycles. The van der Waals surface area contributed by atoms with Crippen LogP contribution in [0.4, 0.5) is 13.2 Å². The Morgan fingerprint density at radius 2 is 1.87 bits per heavy atom. The molecule has 2 bridgehead atoms. The summed E-state index contributed by atoms with van der Waals surface area (Å²) in [6.07, 6.45) is -2.75. The Hall–Kier alpha value is -0.790. The van der Waals surface area contributed by atoms with Crippen LogP contribution in [0.5, 0.6) is 0 Å². The molecule has 130 valence electrons. The molecule has 0 N–H and O–H groups in total. The molecule has 4 heterocycles. The molecule has 4 nitrogen and oxygen atoms in total. The SMILES string of the molecule is CC1=C(C(F)(F)F)O[C@@H]2O[C@]3(C)CC[C@H]4[C@H](C)CC[C@@H]1C24OO3. The Balaban J connectivity index is 1.87. The van der Waals surface area contributed by atoms with Gasteiger partial charge < -0.3 is 9.47 Å². The maximum absolute atomic E-state index is 13.4. The number of halogens is 3. The van der Waals surface area contributed by atoms with Gasteiger partial charge in [0.05, 0.1) is 0 Å². The third kappa shape index (κ3) is 2.02. The molecule has 6 atom stereocenters. The van der Waals surface area contributed by atoms with E-state index in [1.165, 1.54) is 6.92 Å². The van der Waals surface area contributed by atoms with Crippen molar-refractivity contribution < 1.29 is 32.4 Å². The van der Waals surface area contributed by atoms with E-state index in [0.717, 1.165) is 12.8 Å².